The number of aryl methyl sites for hydroxylation is 1. The molecule has 0 saturated carbocycles. The van der Waals surface area contributed by atoms with Crippen molar-refractivity contribution in [2.45, 2.75) is 33.2 Å². The molecule has 1 amide bonds. The van der Waals surface area contributed by atoms with Crippen LogP contribution in [0.5, 0.6) is 0 Å². The van der Waals surface area contributed by atoms with Crippen molar-refractivity contribution in [3.63, 3.8) is 0 Å². The number of hydrogen-bond donors (Lipinski definition) is 3. The van der Waals surface area contributed by atoms with E-state index in [1.807, 2.05) is 13.8 Å². The summed E-state index contributed by atoms with van der Waals surface area (Å²) in [5, 5.41) is 7.84. The minimum Gasteiger partial charge on any atom is -0.338 e. The second-order valence-corrected chi connectivity index (χ2v) is 6.18. The molecule has 1 atom stereocenters. The molecule has 0 bridgehead atoms. The number of aromatic nitrogens is 1. The summed E-state index contributed by atoms with van der Waals surface area (Å²) in [7, 11) is 0. The fraction of sp³-hybridized carbons (Fsp3) is 0.353. The lowest BCUT2D eigenvalue weighted by Crippen LogP contribution is -2.54. The first kappa shape index (κ1) is 18.6. The van der Waals surface area contributed by atoms with Crippen molar-refractivity contribution in [2.75, 3.05) is 5.32 Å². The van der Waals surface area contributed by atoms with Crippen LogP contribution in [0.4, 0.5) is 11.6 Å². The van der Waals surface area contributed by atoms with Gasteiger partial charge in [-0.25, -0.2) is 5.84 Å². The molecule has 134 valence electrons. The number of nitrogens with one attached hydrogen (secondary N) is 2. The normalized spacial score (nSPS) is 12.2. The van der Waals surface area contributed by atoms with Gasteiger partial charge >= 0.3 is 0 Å². The van der Waals surface area contributed by atoms with Crippen LogP contribution in [0.2, 0.25) is 0 Å². The molecule has 0 aliphatic carbocycles. The largest absolute Gasteiger partial charge is 0.338 e. The minimum absolute atomic E-state index is 0.266. The summed E-state index contributed by atoms with van der Waals surface area (Å²) in [4.78, 5) is 23.7. The van der Waals surface area contributed by atoms with E-state index in [0.717, 1.165) is 17.1 Å². The van der Waals surface area contributed by atoms with Gasteiger partial charge in [-0.05, 0) is 31.4 Å². The van der Waals surface area contributed by atoms with E-state index < -0.39 is 11.9 Å². The van der Waals surface area contributed by atoms with Crippen LogP contribution in [0.3, 0.4) is 0 Å². The molecular weight excluding hydrogens is 322 g/mol. The highest BCUT2D eigenvalue weighted by Gasteiger charge is 2.20. The topological polar surface area (TPSA) is 113 Å². The molecule has 0 spiro atoms. The maximum Gasteiger partial charge on any atom is 0.268 e. The molecule has 8 nitrogen and oxygen atoms in total. The first-order valence-corrected chi connectivity index (χ1v) is 8.00. The van der Waals surface area contributed by atoms with E-state index in [4.69, 9.17) is 10.4 Å². The molecule has 1 unspecified atom stereocenters. The summed E-state index contributed by atoms with van der Waals surface area (Å²) in [5.41, 5.74) is 4.16. The summed E-state index contributed by atoms with van der Waals surface area (Å²) < 4.78 is 5.11. The Bertz CT molecular complexity index is 729. The van der Waals surface area contributed by atoms with E-state index in [-0.39, 0.29) is 5.92 Å². The lowest BCUT2D eigenvalue weighted by Gasteiger charge is -2.25. The summed E-state index contributed by atoms with van der Waals surface area (Å²) in [5.74, 6) is 6.10. The molecule has 2 aromatic rings. The maximum atomic E-state index is 12.5. The highest BCUT2D eigenvalue weighted by Crippen LogP contribution is 2.21. The van der Waals surface area contributed by atoms with Crippen molar-refractivity contribution in [1.29, 1.82) is 0 Å². The van der Waals surface area contributed by atoms with E-state index in [2.05, 4.69) is 15.9 Å². The van der Waals surface area contributed by atoms with Crippen molar-refractivity contribution < 1.29 is 14.1 Å². The van der Waals surface area contributed by atoms with Crippen molar-refractivity contribution in [3.05, 3.63) is 41.6 Å². The number of hydrogen-bond acceptors (Lipinski definition) is 7. The Morgan fingerprint density at radius 1 is 1.40 bits per heavy atom. The third kappa shape index (κ3) is 5.13. The summed E-state index contributed by atoms with van der Waals surface area (Å²) in [6.07, 6.45) is 1.26. The lowest BCUT2D eigenvalue weighted by molar-refractivity contribution is -0.113. The predicted molar refractivity (Wildman–Crippen MR) is 93.8 cm³/mol. The molecule has 0 saturated heterocycles. The van der Waals surface area contributed by atoms with Crippen LogP contribution in [-0.4, -0.2) is 28.5 Å². The fourth-order valence-electron chi connectivity index (χ4n) is 2.32. The van der Waals surface area contributed by atoms with Crippen LogP contribution in [-0.2, 0) is 4.79 Å². The smallest absolute Gasteiger partial charge is 0.268 e. The van der Waals surface area contributed by atoms with Gasteiger partial charge < -0.3 is 14.6 Å². The molecular formula is C17H23N5O3. The van der Waals surface area contributed by atoms with Gasteiger partial charge in [0.1, 0.15) is 12.3 Å². The monoisotopic (exact) mass is 345 g/mol. The number of amides is 1. The average molecular weight is 345 g/mol. The molecule has 0 aliphatic heterocycles. The zero-order valence-corrected chi connectivity index (χ0v) is 14.5. The number of nitrogens with two attached hydrogens (primary N) is 1. The molecule has 0 aliphatic rings. The van der Waals surface area contributed by atoms with E-state index in [9.17, 15) is 9.59 Å². The van der Waals surface area contributed by atoms with E-state index in [1.165, 1.54) is 0 Å². The number of rotatable bonds is 8. The molecule has 0 fully saturated rings. The van der Waals surface area contributed by atoms with Crippen LogP contribution in [0.1, 0.15) is 36.3 Å². The van der Waals surface area contributed by atoms with Crippen molar-refractivity contribution in [3.8, 4) is 0 Å². The van der Waals surface area contributed by atoms with Gasteiger partial charge in [-0.1, -0.05) is 31.1 Å². The predicted octanol–water partition coefficient (Wildman–Crippen LogP) is 2.16. The molecule has 4 N–H and O–H groups in total. The molecule has 1 aromatic carbocycles. The van der Waals surface area contributed by atoms with Gasteiger partial charge in [0.15, 0.2) is 0 Å². The van der Waals surface area contributed by atoms with Gasteiger partial charge in [0.25, 0.3) is 5.91 Å². The quantitative estimate of drug-likeness (QED) is 0.382. The van der Waals surface area contributed by atoms with Gasteiger partial charge in [0.2, 0.25) is 5.88 Å². The van der Waals surface area contributed by atoms with E-state index in [1.54, 1.807) is 37.3 Å². The van der Waals surface area contributed by atoms with E-state index >= 15 is 0 Å². The van der Waals surface area contributed by atoms with Gasteiger partial charge in [-0.3, -0.25) is 10.2 Å². The Morgan fingerprint density at radius 3 is 2.72 bits per heavy atom. The molecule has 2 rings (SSSR count). The third-order valence-electron chi connectivity index (χ3n) is 3.52. The SMILES string of the molecule is Cc1cc(Nc2ccccc2C(=O)NN(N)C(C=O)CC(C)C)on1. The first-order chi connectivity index (χ1) is 11.9. The molecule has 25 heavy (non-hydrogen) atoms. The zero-order chi connectivity index (χ0) is 18.4. The Labute approximate surface area is 146 Å². The van der Waals surface area contributed by atoms with Crippen LogP contribution in [0.15, 0.2) is 34.9 Å². The Hall–Kier alpha value is -2.71. The van der Waals surface area contributed by atoms with Crippen molar-refractivity contribution in [2.24, 2.45) is 11.8 Å². The zero-order valence-electron chi connectivity index (χ0n) is 14.5. The first-order valence-electron chi connectivity index (χ1n) is 8.00. The fourth-order valence-corrected chi connectivity index (χ4v) is 2.32. The second kappa shape index (κ2) is 8.41. The number of carbonyl (C=O) groups is 2. The van der Waals surface area contributed by atoms with Crippen LogP contribution in [0.25, 0.3) is 0 Å². The number of anilines is 2. The lowest BCUT2D eigenvalue weighted by atomic mass is 10.1. The van der Waals surface area contributed by atoms with Crippen LogP contribution in [0, 0.1) is 12.8 Å². The standard InChI is InChI=1S/C17H23N5O3/c1-11(2)8-13(10-23)22(18)20-17(24)14-6-4-5-7-15(14)19-16-9-12(3)21-25-16/h4-7,9-11,13,19H,8,18H2,1-3H3,(H,20,24). The van der Waals surface area contributed by atoms with Crippen molar-refractivity contribution >= 4 is 23.8 Å². The Morgan fingerprint density at radius 2 is 2.12 bits per heavy atom. The number of benzene rings is 1. The number of carbonyl (C=O) groups excluding carboxylic acids is 2. The molecule has 0 radical (unpaired) electrons. The molecule has 8 heteroatoms. The molecule has 1 heterocycles. The highest BCUT2D eigenvalue weighted by atomic mass is 16.5. The second-order valence-electron chi connectivity index (χ2n) is 6.18. The minimum atomic E-state index is -0.596. The highest BCUT2D eigenvalue weighted by molar-refractivity contribution is 5.99. The van der Waals surface area contributed by atoms with Gasteiger partial charge in [-0.15, -0.1) is 5.12 Å². The third-order valence-corrected chi connectivity index (χ3v) is 3.52. The maximum absolute atomic E-state index is 12.5. The Balaban J connectivity index is 2.12. The summed E-state index contributed by atoms with van der Waals surface area (Å²) in [6.45, 7) is 5.75. The van der Waals surface area contributed by atoms with Gasteiger partial charge in [0.05, 0.1) is 16.9 Å². The Kier molecular flexibility index (Phi) is 6.26. The summed E-state index contributed by atoms with van der Waals surface area (Å²) >= 11 is 0. The van der Waals surface area contributed by atoms with Crippen LogP contribution >= 0.6 is 0 Å². The summed E-state index contributed by atoms with van der Waals surface area (Å²) in [6, 6.07) is 8.02. The van der Waals surface area contributed by atoms with Crippen molar-refractivity contribution in [1.82, 2.24) is 15.7 Å². The molecule has 1 aromatic heterocycles. The number of hydrazine groups is 2. The number of nitrogens with zero attached hydrogens (tertiary/aromatic N) is 2. The van der Waals surface area contributed by atoms with Crippen LogP contribution < -0.4 is 16.6 Å². The van der Waals surface area contributed by atoms with E-state index in [0.29, 0.717) is 23.6 Å². The van der Waals surface area contributed by atoms with Gasteiger partial charge in [-0.2, -0.15) is 0 Å². The van der Waals surface area contributed by atoms with Gasteiger partial charge in [0, 0.05) is 6.07 Å². The number of aldehydes is 1. The number of para-hydroxylation sites is 1. The average Bonchev–Trinajstić information content (AvgIpc) is 2.97.